The summed E-state index contributed by atoms with van der Waals surface area (Å²) in [5.41, 5.74) is 8.33. The van der Waals surface area contributed by atoms with E-state index in [4.69, 9.17) is 4.74 Å². The molecule has 3 aromatic carbocycles. The second kappa shape index (κ2) is 8.81. The van der Waals surface area contributed by atoms with Crippen LogP contribution >= 0.6 is 0 Å². The van der Waals surface area contributed by atoms with Gasteiger partial charge in [-0.3, -0.25) is 0 Å². The van der Waals surface area contributed by atoms with E-state index >= 15 is 0 Å². The summed E-state index contributed by atoms with van der Waals surface area (Å²) in [5, 5.41) is 0. The Morgan fingerprint density at radius 3 is 2.10 bits per heavy atom. The Hall–Kier alpha value is -3.40. The third kappa shape index (κ3) is 3.49. The zero-order valence-corrected chi connectivity index (χ0v) is 24.9. The summed E-state index contributed by atoms with van der Waals surface area (Å²) in [6.07, 6.45) is 3.40. The highest BCUT2D eigenvalue weighted by atomic mass is 16.5. The van der Waals surface area contributed by atoms with Crippen LogP contribution in [0.3, 0.4) is 0 Å². The van der Waals surface area contributed by atoms with Crippen LogP contribution in [0.1, 0.15) is 64.7 Å². The lowest BCUT2D eigenvalue weighted by molar-refractivity contribution is 0.0571. The summed E-state index contributed by atoms with van der Waals surface area (Å²) < 4.78 is 7.21. The van der Waals surface area contributed by atoms with Crippen molar-refractivity contribution >= 4 is 22.6 Å². The van der Waals surface area contributed by atoms with Gasteiger partial charge >= 0.3 is 0 Å². The van der Waals surface area contributed by atoms with Crippen molar-refractivity contribution in [1.82, 2.24) is 0 Å². The lowest BCUT2D eigenvalue weighted by Crippen LogP contribution is -2.58. The topological polar surface area (TPSA) is 19.0 Å². The maximum atomic E-state index is 7.21. The highest BCUT2D eigenvalue weighted by Crippen LogP contribution is 2.57. The number of benzene rings is 3. The molecule has 3 aliphatic rings. The third-order valence-electron chi connectivity index (χ3n) is 10.1. The van der Waals surface area contributed by atoms with Crippen LogP contribution in [0.4, 0.5) is 17.1 Å². The van der Waals surface area contributed by atoms with Gasteiger partial charge in [0.1, 0.15) is 5.75 Å². The van der Waals surface area contributed by atoms with Gasteiger partial charge in [-0.2, -0.15) is 0 Å². The van der Waals surface area contributed by atoms with E-state index in [1.54, 1.807) is 0 Å². The monoisotopic (exact) mass is 521 g/mol. The molecule has 0 fully saturated rings. The quantitative estimate of drug-likeness (QED) is 0.344. The summed E-state index contributed by atoms with van der Waals surface area (Å²) in [7, 11) is 4.46. The lowest BCUT2D eigenvalue weighted by atomic mass is 9.73. The fourth-order valence-corrected chi connectivity index (χ4v) is 7.64. The molecule has 6 rings (SSSR count). The molecule has 0 aliphatic carbocycles. The van der Waals surface area contributed by atoms with Crippen molar-refractivity contribution in [1.29, 1.82) is 0 Å². The van der Waals surface area contributed by atoms with E-state index in [0.29, 0.717) is 6.04 Å². The number of fused-ring (bicyclic) bond motifs is 3. The van der Waals surface area contributed by atoms with Crippen LogP contribution in [-0.4, -0.2) is 39.0 Å². The van der Waals surface area contributed by atoms with E-state index < -0.39 is 5.72 Å². The first-order valence-corrected chi connectivity index (χ1v) is 14.5. The number of likely N-dealkylation sites (N-methyl/N-ethyl adjacent to an activating group) is 2. The van der Waals surface area contributed by atoms with Gasteiger partial charge in [0.25, 0.3) is 0 Å². The molecule has 204 valence electrons. The highest BCUT2D eigenvalue weighted by Gasteiger charge is 2.58. The van der Waals surface area contributed by atoms with Gasteiger partial charge in [0.15, 0.2) is 0 Å². The fraction of sp³-hybridized carbons (Fsp3) is 0.429. The van der Waals surface area contributed by atoms with Crippen LogP contribution in [0, 0.1) is 0 Å². The molecule has 2 atom stereocenters. The number of ether oxygens (including phenoxy) is 1. The Labute approximate surface area is 234 Å². The highest BCUT2D eigenvalue weighted by molar-refractivity contribution is 5.81. The maximum absolute atomic E-state index is 7.21. The van der Waals surface area contributed by atoms with E-state index in [2.05, 4.69) is 143 Å². The maximum Gasteiger partial charge on any atom is 0.212 e. The number of anilines is 3. The Morgan fingerprint density at radius 2 is 1.46 bits per heavy atom. The van der Waals surface area contributed by atoms with Gasteiger partial charge in [-0.1, -0.05) is 50.2 Å². The molecule has 3 aromatic rings. The first-order valence-electron chi connectivity index (χ1n) is 14.5. The molecule has 1 spiro atoms. The van der Waals surface area contributed by atoms with Gasteiger partial charge in [-0.15, -0.1) is 0 Å². The summed E-state index contributed by atoms with van der Waals surface area (Å²) in [6.45, 7) is 15.9. The van der Waals surface area contributed by atoms with Gasteiger partial charge in [0.2, 0.25) is 5.72 Å². The van der Waals surface area contributed by atoms with Crippen LogP contribution in [0.25, 0.3) is 5.57 Å². The van der Waals surface area contributed by atoms with Crippen molar-refractivity contribution in [2.75, 3.05) is 41.9 Å². The van der Waals surface area contributed by atoms with Gasteiger partial charge in [-0.25, -0.2) is 0 Å². The largest absolute Gasteiger partial charge is 0.463 e. The smallest absolute Gasteiger partial charge is 0.212 e. The number of nitrogens with zero attached hydrogens (tertiary/aromatic N) is 3. The zero-order valence-electron chi connectivity index (χ0n) is 24.9. The number of hydrogen-bond donors (Lipinski definition) is 0. The van der Waals surface area contributed by atoms with Crippen LogP contribution in [0.5, 0.6) is 5.75 Å². The second-order valence-electron chi connectivity index (χ2n) is 12.6. The molecule has 3 aliphatic heterocycles. The van der Waals surface area contributed by atoms with Gasteiger partial charge in [0.05, 0.1) is 5.41 Å². The molecule has 4 nitrogen and oxygen atoms in total. The Bertz CT molecular complexity index is 1450. The number of para-hydroxylation sites is 2. The van der Waals surface area contributed by atoms with Crippen molar-refractivity contribution in [2.45, 2.75) is 70.6 Å². The first kappa shape index (κ1) is 25.9. The molecule has 3 heterocycles. The van der Waals surface area contributed by atoms with Crippen LogP contribution in [-0.2, 0) is 10.8 Å². The standard InChI is InChI=1S/C35H43N3O/c1-9-38(10-2)25-19-20-26-24(21-32-33(3,4)27-15-11-13-17-29(27)36(32)7)23-35(39-31(26)22-25)34(5,6)28-16-12-14-18-30(28)37(35)8/h11-20,22-23,32H,9-10,21H2,1-8H3. The minimum absolute atomic E-state index is 0.0268. The molecule has 4 heteroatoms. The minimum Gasteiger partial charge on any atom is -0.463 e. The molecule has 0 saturated heterocycles. The van der Waals surface area contributed by atoms with E-state index in [9.17, 15) is 0 Å². The average Bonchev–Trinajstić information content (AvgIpc) is 3.22. The van der Waals surface area contributed by atoms with Crippen molar-refractivity contribution in [3.8, 4) is 5.75 Å². The van der Waals surface area contributed by atoms with Crippen molar-refractivity contribution < 1.29 is 4.74 Å². The Kier molecular flexibility index (Phi) is 5.84. The van der Waals surface area contributed by atoms with Gasteiger partial charge in [-0.05, 0) is 81.2 Å². The third-order valence-corrected chi connectivity index (χ3v) is 10.1. The molecule has 0 amide bonds. The molecule has 0 aromatic heterocycles. The minimum atomic E-state index is -0.616. The summed E-state index contributed by atoms with van der Waals surface area (Å²) in [4.78, 5) is 7.27. The number of hydrogen-bond acceptors (Lipinski definition) is 4. The van der Waals surface area contributed by atoms with Crippen LogP contribution < -0.4 is 19.4 Å². The molecule has 0 radical (unpaired) electrons. The summed E-state index contributed by atoms with van der Waals surface area (Å²) >= 11 is 0. The molecular formula is C35H43N3O. The van der Waals surface area contributed by atoms with Gasteiger partial charge < -0.3 is 19.4 Å². The Balaban J connectivity index is 1.51. The molecular weight excluding hydrogens is 478 g/mol. The molecule has 2 unspecified atom stereocenters. The van der Waals surface area contributed by atoms with Crippen molar-refractivity contribution in [3.05, 3.63) is 89.5 Å². The van der Waals surface area contributed by atoms with E-state index in [0.717, 1.165) is 25.3 Å². The van der Waals surface area contributed by atoms with E-state index in [1.807, 2.05) is 0 Å². The Morgan fingerprint density at radius 1 is 0.821 bits per heavy atom. The van der Waals surface area contributed by atoms with Crippen molar-refractivity contribution in [3.63, 3.8) is 0 Å². The van der Waals surface area contributed by atoms with Crippen LogP contribution in [0.15, 0.2) is 72.8 Å². The average molecular weight is 522 g/mol. The summed E-state index contributed by atoms with van der Waals surface area (Å²) in [6, 6.07) is 24.9. The predicted molar refractivity (Wildman–Crippen MR) is 165 cm³/mol. The SMILES string of the molecule is CCN(CC)c1ccc2c(c1)OC1(C=C2CC2N(C)c3ccccc3C2(C)C)N(C)c2ccccc2C1(C)C. The van der Waals surface area contributed by atoms with Crippen molar-refractivity contribution in [2.24, 2.45) is 0 Å². The normalized spacial score (nSPS) is 23.7. The van der Waals surface area contributed by atoms with Gasteiger partial charge in [0, 0.05) is 67.3 Å². The molecule has 0 N–H and O–H groups in total. The molecule has 0 saturated carbocycles. The van der Waals surface area contributed by atoms with E-state index in [1.165, 1.54) is 39.3 Å². The second-order valence-corrected chi connectivity index (χ2v) is 12.6. The first-order chi connectivity index (χ1) is 18.6. The molecule has 39 heavy (non-hydrogen) atoms. The molecule has 0 bridgehead atoms. The zero-order chi connectivity index (χ0) is 27.7. The summed E-state index contributed by atoms with van der Waals surface area (Å²) in [5.74, 6) is 0.987. The number of rotatable bonds is 5. The van der Waals surface area contributed by atoms with Crippen LogP contribution in [0.2, 0.25) is 0 Å². The fourth-order valence-electron chi connectivity index (χ4n) is 7.64. The lowest BCUT2D eigenvalue weighted by Gasteiger charge is -2.47. The predicted octanol–water partition coefficient (Wildman–Crippen LogP) is 7.62. The van der Waals surface area contributed by atoms with E-state index in [-0.39, 0.29) is 10.8 Å².